The van der Waals surface area contributed by atoms with Gasteiger partial charge in [0.1, 0.15) is 0 Å². The van der Waals surface area contributed by atoms with Crippen molar-refractivity contribution in [1.82, 2.24) is 10.6 Å². The van der Waals surface area contributed by atoms with Crippen LogP contribution in [0.1, 0.15) is 46.0 Å². The molecule has 1 saturated carbocycles. The molecule has 3 N–H and O–H groups in total. The second-order valence-corrected chi connectivity index (χ2v) is 4.98. The molecule has 0 aromatic carbocycles. The molecule has 0 aliphatic heterocycles. The van der Waals surface area contributed by atoms with Crippen LogP contribution in [0.15, 0.2) is 0 Å². The lowest BCUT2D eigenvalue weighted by Crippen LogP contribution is -2.51. The van der Waals surface area contributed by atoms with Gasteiger partial charge in [-0.3, -0.25) is 4.79 Å². The molecule has 16 heavy (non-hydrogen) atoms. The number of hydrogen-bond donors (Lipinski definition) is 3. The number of nitrogens with one attached hydrogen (secondary N) is 2. The van der Waals surface area contributed by atoms with Crippen LogP contribution in [-0.2, 0) is 4.79 Å². The third kappa shape index (κ3) is 4.10. The molecule has 0 saturated heterocycles. The van der Waals surface area contributed by atoms with E-state index in [0.717, 1.165) is 6.42 Å². The van der Waals surface area contributed by atoms with Gasteiger partial charge >= 0.3 is 0 Å². The van der Waals surface area contributed by atoms with E-state index in [-0.39, 0.29) is 12.5 Å². The molecular weight excluding hydrogens is 204 g/mol. The van der Waals surface area contributed by atoms with Crippen molar-refractivity contribution in [3.63, 3.8) is 0 Å². The molecule has 0 aromatic rings. The van der Waals surface area contributed by atoms with Gasteiger partial charge in [0.2, 0.25) is 5.91 Å². The Kier molecular flexibility index (Phi) is 5.22. The van der Waals surface area contributed by atoms with E-state index in [1.807, 2.05) is 13.8 Å². The van der Waals surface area contributed by atoms with Crippen LogP contribution in [0.4, 0.5) is 0 Å². The van der Waals surface area contributed by atoms with E-state index in [1.54, 1.807) is 0 Å². The molecule has 94 valence electrons. The molecule has 4 heteroatoms. The largest absolute Gasteiger partial charge is 0.394 e. The van der Waals surface area contributed by atoms with Gasteiger partial charge in [-0.25, -0.2) is 0 Å². The van der Waals surface area contributed by atoms with Gasteiger partial charge in [0, 0.05) is 6.04 Å². The van der Waals surface area contributed by atoms with E-state index < -0.39 is 5.54 Å². The van der Waals surface area contributed by atoms with Gasteiger partial charge in [-0.15, -0.1) is 0 Å². The molecule has 0 bridgehead atoms. The summed E-state index contributed by atoms with van der Waals surface area (Å²) in [6.45, 7) is 4.17. The van der Waals surface area contributed by atoms with Gasteiger partial charge < -0.3 is 15.7 Å². The van der Waals surface area contributed by atoms with Crippen LogP contribution in [0, 0.1) is 0 Å². The monoisotopic (exact) mass is 228 g/mol. The van der Waals surface area contributed by atoms with Gasteiger partial charge in [-0.1, -0.05) is 19.8 Å². The van der Waals surface area contributed by atoms with Gasteiger partial charge in [0.05, 0.1) is 18.7 Å². The number of carbonyl (C=O) groups is 1. The quantitative estimate of drug-likeness (QED) is 0.630. The summed E-state index contributed by atoms with van der Waals surface area (Å²) in [5.41, 5.74) is -0.478. The van der Waals surface area contributed by atoms with Crippen molar-refractivity contribution in [2.24, 2.45) is 0 Å². The highest BCUT2D eigenvalue weighted by Crippen LogP contribution is 2.17. The van der Waals surface area contributed by atoms with Crippen molar-refractivity contribution < 1.29 is 9.90 Å². The van der Waals surface area contributed by atoms with Crippen LogP contribution in [0.3, 0.4) is 0 Å². The fourth-order valence-electron chi connectivity index (χ4n) is 1.99. The maximum absolute atomic E-state index is 11.6. The maximum Gasteiger partial charge on any atom is 0.234 e. The standard InChI is InChI=1S/C12H24N2O2/c1-3-12(2,9-15)14-11(16)8-13-10-6-4-5-7-10/h10,13,15H,3-9H2,1-2H3,(H,14,16). The van der Waals surface area contributed by atoms with E-state index in [0.29, 0.717) is 12.6 Å². The summed E-state index contributed by atoms with van der Waals surface area (Å²) in [6.07, 6.45) is 5.63. The number of aliphatic hydroxyl groups excluding tert-OH is 1. The Morgan fingerprint density at radius 1 is 1.44 bits per heavy atom. The summed E-state index contributed by atoms with van der Waals surface area (Å²) < 4.78 is 0. The third-order valence-electron chi connectivity index (χ3n) is 3.48. The Hall–Kier alpha value is -0.610. The van der Waals surface area contributed by atoms with Gasteiger partial charge in [0.15, 0.2) is 0 Å². The highest BCUT2D eigenvalue weighted by molar-refractivity contribution is 5.78. The van der Waals surface area contributed by atoms with Gasteiger partial charge in [-0.05, 0) is 26.2 Å². The predicted octanol–water partition coefficient (Wildman–Crippen LogP) is 0.796. The van der Waals surface area contributed by atoms with E-state index in [1.165, 1.54) is 25.7 Å². The van der Waals surface area contributed by atoms with E-state index in [2.05, 4.69) is 10.6 Å². The van der Waals surface area contributed by atoms with Crippen LogP contribution >= 0.6 is 0 Å². The molecule has 0 spiro atoms. The van der Waals surface area contributed by atoms with Crippen LogP contribution in [0.5, 0.6) is 0 Å². The van der Waals surface area contributed by atoms with Crippen molar-refractivity contribution in [3.05, 3.63) is 0 Å². The normalized spacial score (nSPS) is 20.7. The molecule has 1 rings (SSSR count). The summed E-state index contributed by atoms with van der Waals surface area (Å²) in [6, 6.07) is 0.507. The lowest BCUT2D eigenvalue weighted by molar-refractivity contribution is -0.122. The zero-order valence-corrected chi connectivity index (χ0v) is 10.4. The van der Waals surface area contributed by atoms with Crippen LogP contribution in [-0.4, -0.2) is 35.7 Å². The lowest BCUT2D eigenvalue weighted by atomic mass is 10.0. The molecule has 1 atom stereocenters. The van der Waals surface area contributed by atoms with Crippen LogP contribution in [0.25, 0.3) is 0 Å². The number of aliphatic hydroxyl groups is 1. The molecular formula is C12H24N2O2. The average molecular weight is 228 g/mol. The second kappa shape index (κ2) is 6.21. The highest BCUT2D eigenvalue weighted by atomic mass is 16.3. The van der Waals surface area contributed by atoms with E-state index in [4.69, 9.17) is 0 Å². The predicted molar refractivity (Wildman–Crippen MR) is 64.2 cm³/mol. The first-order valence-electron chi connectivity index (χ1n) is 6.25. The molecule has 4 nitrogen and oxygen atoms in total. The van der Waals surface area contributed by atoms with Gasteiger partial charge in [0.25, 0.3) is 0 Å². The summed E-state index contributed by atoms with van der Waals surface area (Å²) in [7, 11) is 0. The molecule has 1 aliphatic carbocycles. The van der Waals surface area contributed by atoms with Crippen molar-refractivity contribution in [2.45, 2.75) is 57.5 Å². The summed E-state index contributed by atoms with van der Waals surface area (Å²) >= 11 is 0. The minimum atomic E-state index is -0.478. The number of hydrogen-bond acceptors (Lipinski definition) is 3. The van der Waals surface area contributed by atoms with Crippen LogP contribution in [0.2, 0.25) is 0 Å². The molecule has 1 unspecified atom stereocenters. The number of carbonyl (C=O) groups excluding carboxylic acids is 1. The molecule has 1 aliphatic rings. The smallest absolute Gasteiger partial charge is 0.234 e. The number of rotatable bonds is 6. The highest BCUT2D eigenvalue weighted by Gasteiger charge is 2.23. The van der Waals surface area contributed by atoms with E-state index >= 15 is 0 Å². The van der Waals surface area contributed by atoms with E-state index in [9.17, 15) is 9.90 Å². The second-order valence-electron chi connectivity index (χ2n) is 4.98. The first-order chi connectivity index (χ1) is 7.59. The van der Waals surface area contributed by atoms with Crippen LogP contribution < -0.4 is 10.6 Å². The minimum Gasteiger partial charge on any atom is -0.394 e. The minimum absolute atomic E-state index is 0.0152. The van der Waals surface area contributed by atoms with Gasteiger partial charge in [-0.2, -0.15) is 0 Å². The zero-order valence-electron chi connectivity index (χ0n) is 10.4. The Morgan fingerprint density at radius 2 is 2.06 bits per heavy atom. The Labute approximate surface area is 97.8 Å². The Bertz CT molecular complexity index is 221. The topological polar surface area (TPSA) is 61.4 Å². The summed E-state index contributed by atoms with van der Waals surface area (Å²) in [5, 5.41) is 15.3. The number of amides is 1. The van der Waals surface area contributed by atoms with Crippen molar-refractivity contribution in [2.75, 3.05) is 13.2 Å². The SMILES string of the molecule is CCC(C)(CO)NC(=O)CNC1CCCC1. The Balaban J connectivity index is 2.24. The molecule has 1 amide bonds. The fourth-order valence-corrected chi connectivity index (χ4v) is 1.99. The first-order valence-corrected chi connectivity index (χ1v) is 6.25. The molecule has 0 radical (unpaired) electrons. The first kappa shape index (κ1) is 13.5. The molecule has 1 fully saturated rings. The fraction of sp³-hybridized carbons (Fsp3) is 0.917. The third-order valence-corrected chi connectivity index (χ3v) is 3.48. The van der Waals surface area contributed by atoms with Crippen molar-refractivity contribution in [1.29, 1.82) is 0 Å². The maximum atomic E-state index is 11.6. The summed E-state index contributed by atoms with van der Waals surface area (Å²) in [5.74, 6) is -0.0229. The summed E-state index contributed by atoms with van der Waals surface area (Å²) in [4.78, 5) is 11.6. The average Bonchev–Trinajstić information content (AvgIpc) is 2.79. The molecule has 0 aromatic heterocycles. The zero-order chi connectivity index (χ0) is 12.0. The van der Waals surface area contributed by atoms with Crippen molar-refractivity contribution >= 4 is 5.91 Å². The van der Waals surface area contributed by atoms with Crippen molar-refractivity contribution in [3.8, 4) is 0 Å². The Morgan fingerprint density at radius 3 is 2.56 bits per heavy atom. The molecule has 0 heterocycles. The lowest BCUT2D eigenvalue weighted by Gasteiger charge is -2.27.